The number of ether oxygens (including phenoxy) is 2. The summed E-state index contributed by atoms with van der Waals surface area (Å²) < 4.78 is 48.5. The predicted molar refractivity (Wildman–Crippen MR) is 92.4 cm³/mol. The number of hydrogen-bond donors (Lipinski definition) is 1. The number of nitrogens with zero attached hydrogens (tertiary/aromatic N) is 2. The van der Waals surface area contributed by atoms with Gasteiger partial charge in [0.1, 0.15) is 5.82 Å². The highest BCUT2D eigenvalue weighted by atomic mass is 35.5. The Labute approximate surface area is 151 Å². The normalized spacial score (nSPS) is 11.5. The first kappa shape index (κ1) is 18.1. The molecule has 0 unspecified atom stereocenters. The van der Waals surface area contributed by atoms with Gasteiger partial charge < -0.3 is 14.8 Å². The molecule has 5 nitrogen and oxygen atoms in total. The summed E-state index contributed by atoms with van der Waals surface area (Å²) in [5.41, 5.74) is 0.181. The second kappa shape index (κ2) is 6.87. The van der Waals surface area contributed by atoms with Crippen molar-refractivity contribution in [3.05, 3.63) is 47.2 Å². The van der Waals surface area contributed by atoms with Gasteiger partial charge in [0, 0.05) is 17.1 Å². The van der Waals surface area contributed by atoms with Crippen LogP contribution in [0.25, 0.3) is 10.9 Å². The van der Waals surface area contributed by atoms with Crippen LogP contribution < -0.4 is 14.8 Å². The number of halogens is 4. The topological polar surface area (TPSA) is 56.3 Å². The van der Waals surface area contributed by atoms with Crippen molar-refractivity contribution >= 4 is 34.0 Å². The lowest BCUT2D eigenvalue weighted by Crippen LogP contribution is -2.04. The fraction of sp³-hybridized carbons (Fsp3) is 0.176. The molecule has 0 aliphatic rings. The number of methoxy groups -OCH3 is 2. The average Bonchev–Trinajstić information content (AvgIpc) is 2.60. The summed E-state index contributed by atoms with van der Waals surface area (Å²) in [5, 5.41) is 3.52. The number of anilines is 2. The standard InChI is InChI=1S/C17H13ClF3N3O2/c1-25-13-7-11-12(8-14(13)26-2)23-16(18)24-15(11)22-10-5-3-9(4-6-10)17(19,20)21/h3-8H,1-2H3,(H,22,23,24). The van der Waals surface area contributed by atoms with Crippen LogP contribution in [0.4, 0.5) is 24.7 Å². The minimum absolute atomic E-state index is 0.0147. The van der Waals surface area contributed by atoms with E-state index >= 15 is 0 Å². The van der Waals surface area contributed by atoms with Crippen molar-refractivity contribution in [2.45, 2.75) is 6.18 Å². The molecule has 0 atom stereocenters. The van der Waals surface area contributed by atoms with Crippen LogP contribution in [0.1, 0.15) is 5.56 Å². The molecule has 0 bridgehead atoms. The van der Waals surface area contributed by atoms with Crippen molar-refractivity contribution in [1.29, 1.82) is 0 Å². The Kier molecular flexibility index (Phi) is 4.78. The Morgan fingerprint density at radius 1 is 0.962 bits per heavy atom. The van der Waals surface area contributed by atoms with Gasteiger partial charge in [0.15, 0.2) is 11.5 Å². The molecule has 1 heterocycles. The van der Waals surface area contributed by atoms with E-state index < -0.39 is 11.7 Å². The minimum Gasteiger partial charge on any atom is -0.493 e. The van der Waals surface area contributed by atoms with Gasteiger partial charge in [0.2, 0.25) is 5.28 Å². The second-order valence-corrected chi connectivity index (χ2v) is 5.60. The van der Waals surface area contributed by atoms with E-state index in [4.69, 9.17) is 21.1 Å². The summed E-state index contributed by atoms with van der Waals surface area (Å²) in [6, 6.07) is 7.89. The Hall–Kier alpha value is -2.74. The number of benzene rings is 2. The molecule has 3 aromatic rings. The van der Waals surface area contributed by atoms with Crippen LogP contribution in [0.5, 0.6) is 11.5 Å². The zero-order valence-corrected chi connectivity index (χ0v) is 14.4. The molecule has 2 aromatic carbocycles. The summed E-state index contributed by atoms with van der Waals surface area (Å²) in [6.45, 7) is 0. The molecule has 0 saturated carbocycles. The summed E-state index contributed by atoms with van der Waals surface area (Å²) in [4.78, 5) is 8.26. The van der Waals surface area contributed by atoms with E-state index in [0.29, 0.717) is 33.9 Å². The van der Waals surface area contributed by atoms with Crippen molar-refractivity contribution in [2.24, 2.45) is 0 Å². The highest BCUT2D eigenvalue weighted by Gasteiger charge is 2.30. The predicted octanol–water partition coefficient (Wildman–Crippen LogP) is 5.06. The Morgan fingerprint density at radius 3 is 2.15 bits per heavy atom. The fourth-order valence-electron chi connectivity index (χ4n) is 2.40. The number of alkyl halides is 3. The number of fused-ring (bicyclic) bond motifs is 1. The van der Waals surface area contributed by atoms with Gasteiger partial charge in [-0.05, 0) is 41.9 Å². The first-order chi connectivity index (χ1) is 12.3. The number of hydrogen-bond acceptors (Lipinski definition) is 5. The molecule has 9 heteroatoms. The van der Waals surface area contributed by atoms with E-state index in [1.165, 1.54) is 26.4 Å². The molecule has 1 N–H and O–H groups in total. The SMILES string of the molecule is COc1cc2nc(Cl)nc(Nc3ccc(C(F)(F)F)cc3)c2cc1OC. The van der Waals surface area contributed by atoms with Crippen molar-refractivity contribution in [1.82, 2.24) is 9.97 Å². The molecule has 136 valence electrons. The van der Waals surface area contributed by atoms with E-state index in [2.05, 4.69) is 15.3 Å². The third-order valence-corrected chi connectivity index (χ3v) is 3.82. The van der Waals surface area contributed by atoms with E-state index in [9.17, 15) is 13.2 Å². The fourth-order valence-corrected chi connectivity index (χ4v) is 2.58. The lowest BCUT2D eigenvalue weighted by Gasteiger charge is -2.13. The first-order valence-corrected chi connectivity index (χ1v) is 7.73. The first-order valence-electron chi connectivity index (χ1n) is 7.35. The summed E-state index contributed by atoms with van der Waals surface area (Å²) in [5.74, 6) is 1.26. The van der Waals surface area contributed by atoms with Gasteiger partial charge in [-0.1, -0.05) is 0 Å². The molecule has 0 amide bonds. The van der Waals surface area contributed by atoms with Crippen LogP contribution in [0.2, 0.25) is 5.28 Å². The van der Waals surface area contributed by atoms with Gasteiger partial charge in [-0.2, -0.15) is 18.2 Å². The molecule has 0 spiro atoms. The van der Waals surface area contributed by atoms with Gasteiger partial charge in [0.05, 0.1) is 25.3 Å². The van der Waals surface area contributed by atoms with Gasteiger partial charge in [-0.15, -0.1) is 0 Å². The third kappa shape index (κ3) is 3.60. The van der Waals surface area contributed by atoms with Gasteiger partial charge in [0.25, 0.3) is 0 Å². The van der Waals surface area contributed by atoms with Crippen LogP contribution in [0, 0.1) is 0 Å². The highest BCUT2D eigenvalue weighted by molar-refractivity contribution is 6.28. The molecule has 3 rings (SSSR count). The Bertz CT molecular complexity index is 947. The van der Waals surface area contributed by atoms with Crippen LogP contribution in [0.3, 0.4) is 0 Å². The summed E-state index contributed by atoms with van der Waals surface area (Å²) in [7, 11) is 2.98. The largest absolute Gasteiger partial charge is 0.493 e. The van der Waals surface area contributed by atoms with E-state index in [1.54, 1.807) is 12.1 Å². The minimum atomic E-state index is -4.40. The van der Waals surface area contributed by atoms with E-state index in [-0.39, 0.29) is 5.28 Å². The number of nitrogens with one attached hydrogen (secondary N) is 1. The maximum atomic E-state index is 12.7. The van der Waals surface area contributed by atoms with Gasteiger partial charge >= 0.3 is 6.18 Å². The maximum absolute atomic E-state index is 12.7. The monoisotopic (exact) mass is 383 g/mol. The van der Waals surface area contributed by atoms with Crippen molar-refractivity contribution in [3.8, 4) is 11.5 Å². The third-order valence-electron chi connectivity index (χ3n) is 3.65. The Balaban J connectivity index is 2.04. The molecule has 0 aliphatic heterocycles. The lowest BCUT2D eigenvalue weighted by atomic mass is 10.2. The molecule has 0 saturated heterocycles. The van der Waals surface area contributed by atoms with Crippen molar-refractivity contribution < 1.29 is 22.6 Å². The summed E-state index contributed by atoms with van der Waals surface area (Å²) >= 11 is 5.96. The van der Waals surface area contributed by atoms with Gasteiger partial charge in [-0.3, -0.25) is 0 Å². The average molecular weight is 384 g/mol. The Morgan fingerprint density at radius 2 is 1.58 bits per heavy atom. The molecule has 0 fully saturated rings. The highest BCUT2D eigenvalue weighted by Crippen LogP contribution is 2.36. The van der Waals surface area contributed by atoms with Crippen molar-refractivity contribution in [3.63, 3.8) is 0 Å². The maximum Gasteiger partial charge on any atom is 0.416 e. The zero-order valence-electron chi connectivity index (χ0n) is 13.7. The molecule has 26 heavy (non-hydrogen) atoms. The quantitative estimate of drug-likeness (QED) is 0.638. The molecular formula is C17H13ClF3N3O2. The molecular weight excluding hydrogens is 371 g/mol. The molecule has 0 radical (unpaired) electrons. The van der Waals surface area contributed by atoms with Crippen LogP contribution in [-0.4, -0.2) is 24.2 Å². The van der Waals surface area contributed by atoms with Crippen LogP contribution >= 0.6 is 11.6 Å². The van der Waals surface area contributed by atoms with Crippen LogP contribution in [0.15, 0.2) is 36.4 Å². The smallest absolute Gasteiger partial charge is 0.416 e. The van der Waals surface area contributed by atoms with E-state index in [1.807, 2.05) is 0 Å². The molecule has 1 aromatic heterocycles. The van der Waals surface area contributed by atoms with Gasteiger partial charge in [-0.25, -0.2) is 4.98 Å². The van der Waals surface area contributed by atoms with Crippen molar-refractivity contribution in [2.75, 3.05) is 19.5 Å². The molecule has 0 aliphatic carbocycles. The lowest BCUT2D eigenvalue weighted by molar-refractivity contribution is -0.137. The zero-order chi connectivity index (χ0) is 18.9. The van der Waals surface area contributed by atoms with E-state index in [0.717, 1.165) is 12.1 Å². The second-order valence-electron chi connectivity index (χ2n) is 5.27. The number of aromatic nitrogens is 2. The number of rotatable bonds is 4. The summed E-state index contributed by atoms with van der Waals surface area (Å²) in [6.07, 6.45) is -4.40. The van der Waals surface area contributed by atoms with Crippen LogP contribution in [-0.2, 0) is 6.18 Å².